The topological polar surface area (TPSA) is 114 Å². The normalized spacial score (nSPS) is 24.5. The average molecular weight is 485 g/mol. The van der Waals surface area contributed by atoms with Gasteiger partial charge in [0.1, 0.15) is 12.1 Å². The van der Waals surface area contributed by atoms with Crippen molar-refractivity contribution in [3.05, 3.63) is 0 Å². The van der Waals surface area contributed by atoms with Crippen LogP contribution in [0.2, 0.25) is 0 Å². The van der Waals surface area contributed by atoms with Crippen LogP contribution in [0.3, 0.4) is 0 Å². The summed E-state index contributed by atoms with van der Waals surface area (Å²) in [4.78, 5) is 40.8. The van der Waals surface area contributed by atoms with Crippen molar-refractivity contribution in [3.63, 3.8) is 0 Å². The minimum absolute atomic E-state index is 0.0988. The Balaban J connectivity index is 2.07. The summed E-state index contributed by atoms with van der Waals surface area (Å²) in [6.07, 6.45) is 5.54. The van der Waals surface area contributed by atoms with Gasteiger partial charge in [0, 0.05) is 23.9 Å². The molecule has 0 aromatic carbocycles. The highest BCUT2D eigenvalue weighted by molar-refractivity contribution is 8.00. The summed E-state index contributed by atoms with van der Waals surface area (Å²) in [5.41, 5.74) is 5.99. The number of alkyl carbamates (subject to hydrolysis) is 1. The molecule has 2 fully saturated rings. The lowest BCUT2D eigenvalue weighted by Crippen LogP contribution is -2.60. The highest BCUT2D eigenvalue weighted by Crippen LogP contribution is 2.32. The third-order valence-corrected chi connectivity index (χ3v) is 8.11. The molecule has 2 aliphatic rings. The van der Waals surface area contributed by atoms with Gasteiger partial charge in [-0.3, -0.25) is 9.59 Å². The number of carbonyl (C=O) groups is 3. The number of rotatable bonds is 10. The number of ether oxygens (including phenoxy) is 1. The quantitative estimate of drug-likeness (QED) is 0.439. The van der Waals surface area contributed by atoms with Gasteiger partial charge in [-0.1, -0.05) is 6.92 Å². The Morgan fingerprint density at radius 2 is 1.82 bits per heavy atom. The molecule has 3 amide bonds. The maximum absolute atomic E-state index is 13.7. The lowest BCUT2D eigenvalue weighted by molar-refractivity contribution is -0.140. The monoisotopic (exact) mass is 484 g/mol. The fourth-order valence-electron chi connectivity index (χ4n) is 4.57. The van der Waals surface area contributed by atoms with Crippen molar-refractivity contribution < 1.29 is 19.1 Å². The first-order valence-electron chi connectivity index (χ1n) is 12.5. The molecule has 4 N–H and O–H groups in total. The first-order valence-corrected chi connectivity index (χ1v) is 13.5. The number of hydrogen-bond donors (Lipinski definition) is 3. The molecule has 1 heterocycles. The summed E-state index contributed by atoms with van der Waals surface area (Å²) in [6.45, 7) is 10.7. The zero-order chi connectivity index (χ0) is 24.6. The largest absolute Gasteiger partial charge is 0.447 e. The zero-order valence-corrected chi connectivity index (χ0v) is 21.8. The highest BCUT2D eigenvalue weighted by Gasteiger charge is 2.44. The van der Waals surface area contributed by atoms with Crippen molar-refractivity contribution in [2.24, 2.45) is 11.7 Å². The van der Waals surface area contributed by atoms with E-state index in [4.69, 9.17) is 10.5 Å². The molecule has 2 atom stereocenters. The molecule has 0 aromatic heterocycles. The van der Waals surface area contributed by atoms with Crippen LogP contribution in [0.4, 0.5) is 4.79 Å². The number of amides is 3. The van der Waals surface area contributed by atoms with Crippen molar-refractivity contribution in [1.82, 2.24) is 15.5 Å². The predicted molar refractivity (Wildman–Crippen MR) is 133 cm³/mol. The SMILES string of the molecule is CCCSC(C)(C)[C@@H](NC(=O)OC(C)C)C(=O)N1CCC[C@H]1C(=O)NCC1CCC(N)CC1. The summed E-state index contributed by atoms with van der Waals surface area (Å²) in [5.74, 6) is 1.000. The average Bonchev–Trinajstić information content (AvgIpc) is 3.24. The molecule has 9 heteroatoms. The molecule has 190 valence electrons. The van der Waals surface area contributed by atoms with Crippen LogP contribution in [0.25, 0.3) is 0 Å². The van der Waals surface area contributed by atoms with Gasteiger partial charge in [0.15, 0.2) is 0 Å². The molecular formula is C24H44N4O4S. The van der Waals surface area contributed by atoms with Gasteiger partial charge >= 0.3 is 6.09 Å². The fourth-order valence-corrected chi connectivity index (χ4v) is 5.63. The maximum Gasteiger partial charge on any atom is 0.408 e. The van der Waals surface area contributed by atoms with E-state index in [2.05, 4.69) is 17.6 Å². The Labute approximate surface area is 203 Å². The lowest BCUT2D eigenvalue weighted by Gasteiger charge is -2.37. The molecule has 33 heavy (non-hydrogen) atoms. The van der Waals surface area contributed by atoms with Crippen molar-refractivity contribution in [3.8, 4) is 0 Å². The Kier molecular flexibility index (Phi) is 10.8. The van der Waals surface area contributed by atoms with Crippen molar-refractivity contribution >= 4 is 29.7 Å². The predicted octanol–water partition coefficient (Wildman–Crippen LogP) is 3.04. The van der Waals surface area contributed by atoms with Crippen molar-refractivity contribution in [2.45, 2.75) is 109 Å². The molecule has 1 aliphatic carbocycles. The second-order valence-corrected chi connectivity index (χ2v) is 11.9. The molecule has 0 spiro atoms. The summed E-state index contributed by atoms with van der Waals surface area (Å²) in [6, 6.07) is -1.00. The van der Waals surface area contributed by atoms with E-state index in [1.165, 1.54) is 0 Å². The maximum atomic E-state index is 13.7. The number of likely N-dealkylation sites (tertiary alicyclic amines) is 1. The van der Waals surface area contributed by atoms with Gasteiger partial charge in [-0.05, 0) is 84.3 Å². The molecule has 0 aromatic rings. The zero-order valence-electron chi connectivity index (χ0n) is 21.0. The van der Waals surface area contributed by atoms with Crippen LogP contribution in [-0.4, -0.2) is 70.6 Å². The number of nitrogens with one attached hydrogen (secondary N) is 2. The first-order chi connectivity index (χ1) is 15.5. The highest BCUT2D eigenvalue weighted by atomic mass is 32.2. The molecule has 0 bridgehead atoms. The van der Waals surface area contributed by atoms with Gasteiger partial charge in [-0.15, -0.1) is 0 Å². The molecular weight excluding hydrogens is 440 g/mol. The fraction of sp³-hybridized carbons (Fsp3) is 0.875. The van der Waals surface area contributed by atoms with Crippen molar-refractivity contribution in [1.29, 1.82) is 0 Å². The van der Waals surface area contributed by atoms with E-state index in [0.29, 0.717) is 25.4 Å². The van der Waals surface area contributed by atoms with Crippen LogP contribution in [0.1, 0.15) is 79.6 Å². The van der Waals surface area contributed by atoms with E-state index >= 15 is 0 Å². The van der Waals surface area contributed by atoms with E-state index < -0.39 is 22.9 Å². The minimum atomic E-state index is -0.784. The minimum Gasteiger partial charge on any atom is -0.447 e. The smallest absolute Gasteiger partial charge is 0.408 e. The molecule has 1 aliphatic heterocycles. The number of nitrogens with two attached hydrogens (primary N) is 1. The molecule has 1 saturated heterocycles. The second-order valence-electron chi connectivity index (χ2n) is 10.2. The van der Waals surface area contributed by atoms with E-state index in [9.17, 15) is 14.4 Å². The van der Waals surface area contributed by atoms with Crippen LogP contribution < -0.4 is 16.4 Å². The lowest BCUT2D eigenvalue weighted by atomic mass is 9.86. The van der Waals surface area contributed by atoms with Crippen LogP contribution in [-0.2, 0) is 14.3 Å². The van der Waals surface area contributed by atoms with Gasteiger partial charge in [0.05, 0.1) is 6.10 Å². The van der Waals surface area contributed by atoms with E-state index in [1.54, 1.807) is 30.5 Å². The second kappa shape index (κ2) is 12.8. The summed E-state index contributed by atoms with van der Waals surface area (Å²) >= 11 is 1.65. The molecule has 0 unspecified atom stereocenters. The molecule has 0 radical (unpaired) electrons. The standard InChI is InChI=1S/C24H44N4O4S/c1-6-14-33-24(4,5)20(27-23(31)32-16(2)3)22(30)28-13-7-8-19(28)21(29)26-15-17-9-11-18(25)12-10-17/h16-20H,6-15,25H2,1-5H3,(H,26,29)(H,27,31)/t17?,18?,19-,20-/m0/s1. The Morgan fingerprint density at radius 1 is 1.15 bits per heavy atom. The van der Waals surface area contributed by atoms with Crippen LogP contribution in [0.5, 0.6) is 0 Å². The summed E-state index contributed by atoms with van der Waals surface area (Å²) in [5, 5.41) is 5.89. The number of nitrogens with zero attached hydrogens (tertiary/aromatic N) is 1. The van der Waals surface area contributed by atoms with E-state index in [-0.39, 0.29) is 24.0 Å². The third kappa shape index (κ3) is 8.35. The third-order valence-electron chi connectivity index (χ3n) is 6.52. The Hall–Kier alpha value is -1.48. The van der Waals surface area contributed by atoms with Gasteiger partial charge in [0.25, 0.3) is 0 Å². The number of thioether (sulfide) groups is 1. The van der Waals surface area contributed by atoms with Gasteiger partial charge in [-0.2, -0.15) is 11.8 Å². The molecule has 2 rings (SSSR count). The first kappa shape index (κ1) is 27.8. The van der Waals surface area contributed by atoms with Gasteiger partial charge in [0.2, 0.25) is 11.8 Å². The van der Waals surface area contributed by atoms with E-state index in [0.717, 1.165) is 44.3 Å². The summed E-state index contributed by atoms with van der Waals surface area (Å²) < 4.78 is 4.71. The number of carbonyl (C=O) groups excluding carboxylic acids is 3. The van der Waals surface area contributed by atoms with Crippen molar-refractivity contribution in [2.75, 3.05) is 18.8 Å². The number of hydrogen-bond acceptors (Lipinski definition) is 6. The van der Waals surface area contributed by atoms with Crippen LogP contribution >= 0.6 is 11.8 Å². The Morgan fingerprint density at radius 3 is 2.42 bits per heavy atom. The van der Waals surface area contributed by atoms with Crippen LogP contribution in [0, 0.1) is 5.92 Å². The van der Waals surface area contributed by atoms with Crippen LogP contribution in [0.15, 0.2) is 0 Å². The Bertz CT molecular complexity index is 665. The molecule has 8 nitrogen and oxygen atoms in total. The summed E-state index contributed by atoms with van der Waals surface area (Å²) in [7, 11) is 0. The van der Waals surface area contributed by atoms with E-state index in [1.807, 2.05) is 13.8 Å². The molecule has 1 saturated carbocycles. The van der Waals surface area contributed by atoms with Gasteiger partial charge < -0.3 is 26.0 Å². The van der Waals surface area contributed by atoms with Gasteiger partial charge in [-0.25, -0.2) is 4.79 Å².